The van der Waals surface area contributed by atoms with Crippen LogP contribution in [0.3, 0.4) is 0 Å². The van der Waals surface area contributed by atoms with Crippen LogP contribution in [0, 0.1) is 0 Å². The molecular weight excluding hydrogens is 605 g/mol. The fourth-order valence-electron chi connectivity index (χ4n) is 5.56. The fourth-order valence-corrected chi connectivity index (χ4v) is 5.56. The van der Waals surface area contributed by atoms with Crippen molar-refractivity contribution in [3.8, 4) is 44.8 Å². The first kappa shape index (κ1) is 10.9. The van der Waals surface area contributed by atoms with Gasteiger partial charge in [-0.25, -0.2) is 0 Å². The third kappa shape index (κ3) is 4.57. The number of benzene rings is 8. The summed E-state index contributed by atoms with van der Waals surface area (Å²) in [5.74, 6) is 0. The van der Waals surface area contributed by atoms with Crippen LogP contribution in [-0.2, 0) is 0 Å². The van der Waals surface area contributed by atoms with Gasteiger partial charge >= 0.3 is 0 Å². The van der Waals surface area contributed by atoms with E-state index in [4.69, 9.17) is 30.2 Å². The smallest absolute Gasteiger partial charge is 0.0645 e. The van der Waals surface area contributed by atoms with Crippen LogP contribution >= 0.6 is 0 Å². The van der Waals surface area contributed by atoms with Crippen LogP contribution in [-0.4, -0.2) is 9.13 Å². The van der Waals surface area contributed by atoms with Crippen molar-refractivity contribution < 1.29 is 43.9 Å². The standard InChI is InChI=1S/C48H32N2/c1-3-11-33(12-4-1)34-19-21-35(22-20-34)36-23-27-40(28-24-36)50-46-18-10-8-16-42(46)44-32-38(26-30-48(44)50)37-25-29-47-43(31-37)41-15-7-9-17-45(41)49(47)39-13-5-2-6-14-39/h1-32H/i1D,2D,3D,4D,5D,6D,7D,8D,9D,10D,11D,12D,13D,14D,15D,16D,17D,18D,19D,20D,21D,22D,23D,24D,25D,26D,27D,28D,29D,30D,31D,32D. The van der Waals surface area contributed by atoms with Crippen LogP contribution in [0.4, 0.5) is 0 Å². The Hall–Kier alpha value is -6.64. The Balaban J connectivity index is 1.33. The molecule has 2 nitrogen and oxygen atoms in total. The van der Waals surface area contributed by atoms with Gasteiger partial charge in [-0.15, -0.1) is 0 Å². The van der Waals surface area contributed by atoms with E-state index in [0.29, 0.717) is 4.57 Å². The van der Waals surface area contributed by atoms with Crippen molar-refractivity contribution in [2.45, 2.75) is 0 Å². The average molecular weight is 669 g/mol. The zero-order chi connectivity index (χ0) is 60.9. The van der Waals surface area contributed by atoms with Gasteiger partial charge in [-0.05, 0) is 93.8 Å². The van der Waals surface area contributed by atoms with Gasteiger partial charge in [-0.2, -0.15) is 0 Å². The molecule has 0 aliphatic carbocycles. The zero-order valence-electron chi connectivity index (χ0n) is 56.9. The fraction of sp³-hybridized carbons (Fsp3) is 0. The van der Waals surface area contributed by atoms with Crippen molar-refractivity contribution >= 4 is 43.6 Å². The van der Waals surface area contributed by atoms with Gasteiger partial charge in [0.1, 0.15) is 0 Å². The maximum absolute atomic E-state index is 9.83. The summed E-state index contributed by atoms with van der Waals surface area (Å²) in [5.41, 5.74) is -9.31. The highest BCUT2D eigenvalue weighted by atomic mass is 15.0. The van der Waals surface area contributed by atoms with Crippen LogP contribution in [0.2, 0.25) is 0 Å². The molecule has 10 aromatic rings. The van der Waals surface area contributed by atoms with Gasteiger partial charge in [-0.3, -0.25) is 0 Å². The molecule has 0 saturated heterocycles. The largest absolute Gasteiger partial charge is 0.309 e. The van der Waals surface area contributed by atoms with Crippen molar-refractivity contribution in [2.24, 2.45) is 0 Å². The molecule has 0 unspecified atom stereocenters. The number of aromatic nitrogens is 2. The molecule has 2 aromatic heterocycles. The summed E-state index contributed by atoms with van der Waals surface area (Å²) in [6, 6.07) is -30.9. The molecule has 0 N–H and O–H groups in total. The lowest BCUT2D eigenvalue weighted by Gasteiger charge is -2.11. The number of hydrogen-bond donors (Lipinski definition) is 0. The normalized spacial score (nSPS) is 20.6. The highest BCUT2D eigenvalue weighted by Crippen LogP contribution is 2.38. The predicted molar refractivity (Wildman–Crippen MR) is 211 cm³/mol. The van der Waals surface area contributed by atoms with Crippen LogP contribution in [0.25, 0.3) is 88.4 Å². The van der Waals surface area contributed by atoms with E-state index in [1.807, 2.05) is 0 Å². The van der Waals surface area contributed by atoms with Crippen LogP contribution in [0.15, 0.2) is 193 Å². The lowest BCUT2D eigenvalue weighted by atomic mass is 10.00. The summed E-state index contributed by atoms with van der Waals surface area (Å²) < 4.78 is 287. The minimum Gasteiger partial charge on any atom is -0.309 e. The molecule has 0 aliphatic rings. The van der Waals surface area contributed by atoms with Crippen molar-refractivity contribution in [1.29, 1.82) is 0 Å². The van der Waals surface area contributed by atoms with E-state index in [2.05, 4.69) is 0 Å². The van der Waals surface area contributed by atoms with Gasteiger partial charge < -0.3 is 9.13 Å². The van der Waals surface area contributed by atoms with Crippen molar-refractivity contribution in [3.63, 3.8) is 0 Å². The van der Waals surface area contributed by atoms with Crippen molar-refractivity contribution in [3.05, 3.63) is 193 Å². The molecule has 0 bridgehead atoms. The average Bonchev–Trinajstić information content (AvgIpc) is 1.98. The van der Waals surface area contributed by atoms with Gasteiger partial charge in [0.15, 0.2) is 0 Å². The molecule has 0 saturated carbocycles. The maximum Gasteiger partial charge on any atom is 0.0645 e. The van der Waals surface area contributed by atoms with Crippen molar-refractivity contribution in [1.82, 2.24) is 9.13 Å². The molecule has 0 radical (unpaired) electrons. The van der Waals surface area contributed by atoms with Gasteiger partial charge in [0.2, 0.25) is 0 Å². The Kier molecular flexibility index (Phi) is 2.52. The van der Waals surface area contributed by atoms with E-state index in [1.165, 1.54) is 0 Å². The number of hydrogen-bond acceptors (Lipinski definition) is 0. The zero-order valence-corrected chi connectivity index (χ0v) is 24.9. The second kappa shape index (κ2) is 11.5. The Morgan fingerprint density at radius 3 is 1.10 bits per heavy atom. The molecule has 0 aliphatic heterocycles. The first-order valence-electron chi connectivity index (χ1n) is 30.6. The first-order valence-corrected chi connectivity index (χ1v) is 14.6. The molecular formula is C48H32N2. The van der Waals surface area contributed by atoms with E-state index in [0.717, 1.165) is 4.57 Å². The van der Waals surface area contributed by atoms with E-state index in [-0.39, 0.29) is 0 Å². The summed E-state index contributed by atoms with van der Waals surface area (Å²) in [6.45, 7) is 0. The second-order valence-electron chi connectivity index (χ2n) is 10.5. The Labute approximate surface area is 335 Å². The molecule has 0 amide bonds. The summed E-state index contributed by atoms with van der Waals surface area (Å²) in [7, 11) is 0. The third-order valence-electron chi connectivity index (χ3n) is 7.74. The molecule has 0 fully saturated rings. The molecule has 50 heavy (non-hydrogen) atoms. The lowest BCUT2D eigenvalue weighted by molar-refractivity contribution is 1.18. The Morgan fingerprint density at radius 1 is 0.260 bits per heavy atom. The van der Waals surface area contributed by atoms with E-state index < -0.39 is 282 Å². The highest BCUT2D eigenvalue weighted by molar-refractivity contribution is 6.12. The van der Waals surface area contributed by atoms with Gasteiger partial charge in [0.25, 0.3) is 0 Å². The molecule has 10 rings (SSSR count). The molecule has 8 aromatic carbocycles. The first-order chi connectivity index (χ1) is 38.1. The molecule has 0 atom stereocenters. The minimum atomic E-state index is -1.12. The number of nitrogens with zero attached hydrogens (tertiary/aromatic N) is 2. The summed E-state index contributed by atoms with van der Waals surface area (Å²) >= 11 is 0. The summed E-state index contributed by atoms with van der Waals surface area (Å²) in [5, 5.41) is -2.53. The van der Waals surface area contributed by atoms with Gasteiger partial charge in [-0.1, -0.05) is 133 Å². The van der Waals surface area contributed by atoms with Crippen molar-refractivity contribution in [2.75, 3.05) is 0 Å². The third-order valence-corrected chi connectivity index (χ3v) is 7.74. The summed E-state index contributed by atoms with van der Waals surface area (Å²) in [6.07, 6.45) is 0. The Bertz CT molecular complexity index is 4590. The quantitative estimate of drug-likeness (QED) is 0.173. The molecule has 2 heterocycles. The summed E-state index contributed by atoms with van der Waals surface area (Å²) in [4.78, 5) is 0. The number of fused-ring (bicyclic) bond motifs is 6. The molecule has 234 valence electrons. The van der Waals surface area contributed by atoms with Gasteiger partial charge in [0.05, 0.1) is 65.9 Å². The lowest BCUT2D eigenvalue weighted by Crippen LogP contribution is -1.94. The van der Waals surface area contributed by atoms with E-state index >= 15 is 0 Å². The van der Waals surface area contributed by atoms with E-state index in [1.54, 1.807) is 0 Å². The highest BCUT2D eigenvalue weighted by Gasteiger charge is 2.16. The number of para-hydroxylation sites is 3. The predicted octanol–water partition coefficient (Wildman–Crippen LogP) is 12.9. The topological polar surface area (TPSA) is 9.86 Å². The number of rotatable bonds is 5. The van der Waals surface area contributed by atoms with Crippen LogP contribution in [0.5, 0.6) is 0 Å². The minimum absolute atomic E-state index is 0.576. The second-order valence-corrected chi connectivity index (χ2v) is 10.5. The molecule has 0 spiro atoms. The van der Waals surface area contributed by atoms with Crippen LogP contribution < -0.4 is 0 Å². The maximum atomic E-state index is 9.83. The van der Waals surface area contributed by atoms with Crippen LogP contribution in [0.1, 0.15) is 43.9 Å². The van der Waals surface area contributed by atoms with E-state index in [9.17, 15) is 13.7 Å². The Morgan fingerprint density at radius 2 is 0.600 bits per heavy atom. The molecule has 2 heteroatoms. The monoisotopic (exact) mass is 668 g/mol. The SMILES string of the molecule is [2H]c1c([2H])c([2H])c(-c2c([2H])c([2H])c(-c3c([2H])c([2H])c(-n4c5c([2H])c([2H])c([2H])c([2H])c5c5c([2H])c(-c6c([2H])c([2H])c7c(c6[2H])c6c([2H])c([2H])c([2H])c([2H])c6n7-c6c([2H])c([2H])c([2H])c([2H])c6[2H])c([2H])c([2H])c54)c([2H])c3[2H])c([2H])c2[2H])c([2H])c1[2H]. The van der Waals surface area contributed by atoms with Gasteiger partial charge in [0, 0.05) is 32.9 Å².